The number of hydrogen-bond donors (Lipinski definition) is 4. The van der Waals surface area contributed by atoms with Crippen LogP contribution in [-0.4, -0.2) is 33.5 Å². The lowest BCUT2D eigenvalue weighted by Gasteiger charge is -2.24. The summed E-state index contributed by atoms with van der Waals surface area (Å²) in [5.74, 6) is -0.0729. The van der Waals surface area contributed by atoms with Gasteiger partial charge in [-0.1, -0.05) is 17.7 Å². The van der Waals surface area contributed by atoms with Gasteiger partial charge in [0.05, 0.1) is 21.8 Å². The molecule has 1 saturated carbocycles. The monoisotopic (exact) mass is 476 g/mol. The molecule has 1 aromatic heterocycles. The number of nitrogens with zero attached hydrogens (tertiary/aromatic N) is 2. The minimum absolute atomic E-state index is 0.168. The van der Waals surface area contributed by atoms with Crippen molar-refractivity contribution in [2.45, 2.75) is 44.3 Å². The Morgan fingerprint density at radius 1 is 1.34 bits per heavy atom. The van der Waals surface area contributed by atoms with Crippen LogP contribution in [0.4, 0.5) is 0 Å². The van der Waals surface area contributed by atoms with E-state index in [1.54, 1.807) is 24.4 Å². The maximum atomic E-state index is 13.3. The van der Waals surface area contributed by atoms with E-state index in [0.717, 1.165) is 18.4 Å². The number of nitrogens with two attached hydrogens (primary N) is 1. The van der Waals surface area contributed by atoms with Crippen LogP contribution in [0.5, 0.6) is 0 Å². The Bertz CT molecular complexity index is 1050. The van der Waals surface area contributed by atoms with Crippen molar-refractivity contribution in [3.8, 4) is 0 Å². The molecule has 2 heterocycles. The minimum Gasteiger partial charge on any atom is -0.365 e. The number of dihydropyridines is 1. The molecule has 0 bridgehead atoms. The number of amides is 2. The average molecular weight is 477 g/mol. The second-order valence-corrected chi connectivity index (χ2v) is 9.18. The van der Waals surface area contributed by atoms with Gasteiger partial charge in [-0.3, -0.25) is 9.59 Å². The predicted molar refractivity (Wildman–Crippen MR) is 124 cm³/mol. The van der Waals surface area contributed by atoms with Crippen LogP contribution in [0.3, 0.4) is 0 Å². The number of rotatable bonds is 7. The van der Waals surface area contributed by atoms with Crippen LogP contribution in [0.1, 0.15) is 48.5 Å². The van der Waals surface area contributed by atoms with Crippen molar-refractivity contribution in [1.29, 1.82) is 0 Å². The Balaban J connectivity index is 1.62. The molecule has 0 spiro atoms. The van der Waals surface area contributed by atoms with Gasteiger partial charge in [0.2, 0.25) is 5.91 Å². The average Bonchev–Trinajstić information content (AvgIpc) is 3.50. The van der Waals surface area contributed by atoms with Crippen LogP contribution >= 0.6 is 23.2 Å². The molecular formula is C22H26Cl2N6O2. The first-order chi connectivity index (χ1) is 15.4. The molecular weight excluding hydrogens is 451 g/mol. The van der Waals surface area contributed by atoms with Gasteiger partial charge in [-0.15, -0.1) is 11.6 Å². The molecule has 8 nitrogen and oxygen atoms in total. The Morgan fingerprint density at radius 3 is 2.81 bits per heavy atom. The molecule has 0 radical (unpaired) electrons. The van der Waals surface area contributed by atoms with E-state index >= 15 is 0 Å². The Hall–Kier alpha value is -2.55. The third-order valence-electron chi connectivity index (χ3n) is 5.63. The molecule has 2 unspecified atom stereocenters. The van der Waals surface area contributed by atoms with Gasteiger partial charge in [-0.05, 0) is 62.1 Å². The van der Waals surface area contributed by atoms with E-state index in [1.165, 1.54) is 4.68 Å². The fraction of sp³-hybridized carbons (Fsp3) is 0.409. The van der Waals surface area contributed by atoms with Gasteiger partial charge in [0, 0.05) is 18.7 Å². The smallest absolute Gasteiger partial charge is 0.274 e. The highest BCUT2D eigenvalue weighted by molar-refractivity contribution is 6.30. The molecule has 2 amide bonds. The largest absolute Gasteiger partial charge is 0.365 e. The van der Waals surface area contributed by atoms with Crippen molar-refractivity contribution >= 4 is 35.0 Å². The number of halogens is 2. The topological polar surface area (TPSA) is 114 Å². The predicted octanol–water partition coefficient (Wildman–Crippen LogP) is 2.55. The zero-order valence-electron chi connectivity index (χ0n) is 17.7. The third-order valence-corrected chi connectivity index (χ3v) is 6.24. The molecule has 170 valence electrons. The number of carbonyl (C=O) groups excluding carboxylic acids is 2. The Kier molecular flexibility index (Phi) is 6.74. The Labute approximate surface area is 196 Å². The van der Waals surface area contributed by atoms with E-state index in [9.17, 15) is 9.59 Å². The quantitative estimate of drug-likeness (QED) is 0.451. The SMILES string of the molecule is CC1=CC(Cl)CC(C(=O)NCC2CC2)=C1NC(=O)c1cc(CN)nn1C1NC=CC=C1Cl. The molecule has 2 aliphatic carbocycles. The van der Waals surface area contributed by atoms with Crippen molar-refractivity contribution in [2.24, 2.45) is 11.7 Å². The van der Waals surface area contributed by atoms with Crippen molar-refractivity contribution in [1.82, 2.24) is 25.7 Å². The number of alkyl halides is 1. The fourth-order valence-electron chi connectivity index (χ4n) is 3.73. The summed E-state index contributed by atoms with van der Waals surface area (Å²) < 4.78 is 1.50. The zero-order chi connectivity index (χ0) is 22.8. The summed E-state index contributed by atoms with van der Waals surface area (Å²) in [5.41, 5.74) is 8.27. The van der Waals surface area contributed by atoms with Crippen LogP contribution in [0.15, 0.2) is 52.4 Å². The molecule has 32 heavy (non-hydrogen) atoms. The molecule has 0 saturated heterocycles. The summed E-state index contributed by atoms with van der Waals surface area (Å²) in [5, 5.41) is 13.6. The summed E-state index contributed by atoms with van der Waals surface area (Å²) in [7, 11) is 0. The summed E-state index contributed by atoms with van der Waals surface area (Å²) in [6.07, 6.45) is 9.13. The highest BCUT2D eigenvalue weighted by Gasteiger charge is 2.29. The van der Waals surface area contributed by atoms with Crippen LogP contribution in [0.25, 0.3) is 0 Å². The first kappa shape index (κ1) is 22.6. The van der Waals surface area contributed by atoms with E-state index in [1.807, 2.05) is 13.0 Å². The normalized spacial score (nSPS) is 22.8. The van der Waals surface area contributed by atoms with Crippen molar-refractivity contribution < 1.29 is 9.59 Å². The molecule has 1 aliphatic heterocycles. The Morgan fingerprint density at radius 2 is 2.12 bits per heavy atom. The van der Waals surface area contributed by atoms with Gasteiger partial charge in [-0.2, -0.15) is 5.10 Å². The second kappa shape index (κ2) is 9.52. The maximum absolute atomic E-state index is 13.3. The lowest BCUT2D eigenvalue weighted by molar-refractivity contribution is -0.117. The lowest BCUT2D eigenvalue weighted by Crippen LogP contribution is -2.36. The molecule has 1 fully saturated rings. The van der Waals surface area contributed by atoms with Crippen molar-refractivity contribution in [3.63, 3.8) is 0 Å². The van der Waals surface area contributed by atoms with Crippen LogP contribution in [0, 0.1) is 5.92 Å². The van der Waals surface area contributed by atoms with E-state index < -0.39 is 12.1 Å². The van der Waals surface area contributed by atoms with Gasteiger partial charge < -0.3 is 21.7 Å². The maximum Gasteiger partial charge on any atom is 0.274 e. The molecule has 10 heteroatoms. The number of carbonyl (C=O) groups is 2. The summed E-state index contributed by atoms with van der Waals surface area (Å²) in [4.78, 5) is 26.2. The number of nitrogens with one attached hydrogen (secondary N) is 3. The first-order valence-corrected chi connectivity index (χ1v) is 11.4. The lowest BCUT2D eigenvalue weighted by atomic mass is 9.95. The summed E-state index contributed by atoms with van der Waals surface area (Å²) >= 11 is 12.7. The van der Waals surface area contributed by atoms with Crippen LogP contribution in [0.2, 0.25) is 0 Å². The molecule has 0 aromatic carbocycles. The van der Waals surface area contributed by atoms with E-state index in [-0.39, 0.29) is 23.5 Å². The highest BCUT2D eigenvalue weighted by atomic mass is 35.5. The van der Waals surface area contributed by atoms with Gasteiger partial charge in [0.1, 0.15) is 5.69 Å². The van der Waals surface area contributed by atoms with Crippen molar-refractivity contribution in [3.05, 3.63) is 63.8 Å². The van der Waals surface area contributed by atoms with Crippen LogP contribution < -0.4 is 21.7 Å². The number of allylic oxidation sites excluding steroid dienone is 4. The van der Waals surface area contributed by atoms with Gasteiger partial charge in [-0.25, -0.2) is 4.68 Å². The van der Waals surface area contributed by atoms with Gasteiger partial charge in [0.15, 0.2) is 6.17 Å². The standard InChI is InChI=1S/C22H26Cl2N6O2/c1-12-7-14(23)8-16(21(31)27-11-13-4-5-13)19(12)28-22(32)18-9-15(10-25)29-30(18)20-17(24)3-2-6-26-20/h2-3,6-7,9,13-14,20,26H,4-5,8,10-11,25H2,1H3,(H,27,31)(H,28,32). The zero-order valence-corrected chi connectivity index (χ0v) is 19.2. The van der Waals surface area contributed by atoms with E-state index in [4.69, 9.17) is 28.9 Å². The molecule has 5 N–H and O–H groups in total. The summed E-state index contributed by atoms with van der Waals surface area (Å²) in [6.45, 7) is 2.63. The molecule has 3 aliphatic rings. The highest BCUT2D eigenvalue weighted by Crippen LogP contribution is 2.30. The van der Waals surface area contributed by atoms with E-state index in [0.29, 0.717) is 40.9 Å². The minimum atomic E-state index is -0.534. The van der Waals surface area contributed by atoms with Gasteiger partial charge in [0.25, 0.3) is 5.91 Å². The van der Waals surface area contributed by atoms with Gasteiger partial charge >= 0.3 is 0 Å². The number of aromatic nitrogens is 2. The molecule has 4 rings (SSSR count). The van der Waals surface area contributed by atoms with Crippen LogP contribution in [-0.2, 0) is 11.3 Å². The third kappa shape index (κ3) is 4.92. The molecule has 1 aromatic rings. The number of hydrogen-bond acceptors (Lipinski definition) is 5. The summed E-state index contributed by atoms with van der Waals surface area (Å²) in [6, 6.07) is 1.62. The molecule has 2 atom stereocenters. The first-order valence-electron chi connectivity index (χ1n) is 10.6. The fourth-order valence-corrected chi connectivity index (χ4v) is 4.30. The van der Waals surface area contributed by atoms with E-state index in [2.05, 4.69) is 21.0 Å². The van der Waals surface area contributed by atoms with Crippen molar-refractivity contribution in [2.75, 3.05) is 6.54 Å². The second-order valence-electron chi connectivity index (χ2n) is 8.18.